The molecule has 2 aromatic carbocycles. The number of nitrogens with zero attached hydrogens (tertiary/aromatic N) is 2. The average molecular weight is 481 g/mol. The lowest BCUT2D eigenvalue weighted by Gasteiger charge is -2.12. The predicted molar refractivity (Wildman–Crippen MR) is 107 cm³/mol. The van der Waals surface area contributed by atoms with Gasteiger partial charge in [-0.1, -0.05) is 17.2 Å². The van der Waals surface area contributed by atoms with E-state index in [0.29, 0.717) is 28.4 Å². The van der Waals surface area contributed by atoms with Gasteiger partial charge in [0.2, 0.25) is 11.6 Å². The molecular formula is C18H16IN3O5. The van der Waals surface area contributed by atoms with Crippen LogP contribution >= 0.6 is 22.6 Å². The van der Waals surface area contributed by atoms with Crippen molar-refractivity contribution in [3.63, 3.8) is 0 Å². The van der Waals surface area contributed by atoms with E-state index in [4.69, 9.17) is 18.6 Å². The van der Waals surface area contributed by atoms with Crippen LogP contribution in [0.2, 0.25) is 0 Å². The van der Waals surface area contributed by atoms with E-state index in [0.717, 1.165) is 3.57 Å². The van der Waals surface area contributed by atoms with E-state index in [2.05, 4.69) is 38.1 Å². The highest BCUT2D eigenvalue weighted by atomic mass is 127. The molecule has 3 rings (SSSR count). The maximum atomic E-state index is 12.4. The van der Waals surface area contributed by atoms with Gasteiger partial charge in [-0.3, -0.25) is 10.1 Å². The van der Waals surface area contributed by atoms with Crippen molar-refractivity contribution in [3.8, 4) is 28.7 Å². The number of carbonyl (C=O) groups excluding carboxylic acids is 1. The average Bonchev–Trinajstić information content (AvgIpc) is 3.15. The second-order valence-corrected chi connectivity index (χ2v) is 6.42. The minimum Gasteiger partial charge on any atom is -0.493 e. The van der Waals surface area contributed by atoms with Crippen LogP contribution < -0.4 is 19.5 Å². The Bertz CT molecular complexity index is 948. The molecule has 0 atom stereocenters. The fourth-order valence-electron chi connectivity index (χ4n) is 2.40. The number of hydrogen-bond acceptors (Lipinski definition) is 7. The van der Waals surface area contributed by atoms with Crippen LogP contribution in [-0.2, 0) is 0 Å². The molecule has 0 aliphatic heterocycles. The maximum absolute atomic E-state index is 12.4. The number of rotatable bonds is 6. The molecule has 0 aliphatic carbocycles. The number of ether oxygens (including phenoxy) is 3. The maximum Gasteiger partial charge on any atom is 0.322 e. The zero-order valence-electron chi connectivity index (χ0n) is 14.8. The first-order chi connectivity index (χ1) is 13.1. The summed E-state index contributed by atoms with van der Waals surface area (Å²) in [6.07, 6.45) is 0. The molecule has 9 heteroatoms. The standard InChI is InChI=1S/C18H16IN3O5/c1-24-13-8-10(9-14(25-2)15(13)26-3)17-21-22-18(27-17)20-16(23)11-6-4-5-7-12(11)19/h4-9H,1-3H3,(H,20,22,23). The van der Waals surface area contributed by atoms with Crippen LogP contribution in [0, 0.1) is 3.57 Å². The summed E-state index contributed by atoms with van der Waals surface area (Å²) in [5, 5.41) is 10.5. The molecule has 1 N–H and O–H groups in total. The summed E-state index contributed by atoms with van der Waals surface area (Å²) in [5.41, 5.74) is 1.08. The second-order valence-electron chi connectivity index (χ2n) is 5.26. The largest absolute Gasteiger partial charge is 0.493 e. The Balaban J connectivity index is 1.88. The van der Waals surface area contributed by atoms with Gasteiger partial charge in [0.15, 0.2) is 11.5 Å². The Kier molecular flexibility index (Phi) is 5.79. The molecule has 3 aromatic rings. The van der Waals surface area contributed by atoms with E-state index in [1.165, 1.54) is 21.3 Å². The highest BCUT2D eigenvalue weighted by molar-refractivity contribution is 14.1. The van der Waals surface area contributed by atoms with Gasteiger partial charge in [0, 0.05) is 9.13 Å². The van der Waals surface area contributed by atoms with Crippen LogP contribution in [0.4, 0.5) is 6.01 Å². The SMILES string of the molecule is COc1cc(-c2nnc(NC(=O)c3ccccc3I)o2)cc(OC)c1OC. The molecule has 0 spiro atoms. The number of methoxy groups -OCH3 is 3. The van der Waals surface area contributed by atoms with Crippen molar-refractivity contribution >= 4 is 34.5 Å². The summed E-state index contributed by atoms with van der Waals surface area (Å²) in [6.45, 7) is 0. The molecule has 1 aromatic heterocycles. The van der Waals surface area contributed by atoms with Gasteiger partial charge in [0.05, 0.1) is 26.9 Å². The number of aromatic nitrogens is 2. The van der Waals surface area contributed by atoms with E-state index in [1.807, 2.05) is 12.1 Å². The van der Waals surface area contributed by atoms with Gasteiger partial charge in [0.25, 0.3) is 5.91 Å². The third kappa shape index (κ3) is 3.97. The van der Waals surface area contributed by atoms with Crippen LogP contribution in [0.25, 0.3) is 11.5 Å². The van der Waals surface area contributed by atoms with Crippen molar-refractivity contribution in [2.75, 3.05) is 26.6 Å². The summed E-state index contributed by atoms with van der Waals surface area (Å²) >= 11 is 2.09. The van der Waals surface area contributed by atoms with Crippen LogP contribution in [0.1, 0.15) is 10.4 Å². The number of benzene rings is 2. The Morgan fingerprint density at radius 1 is 1.04 bits per heavy atom. The van der Waals surface area contributed by atoms with Gasteiger partial charge in [0.1, 0.15) is 0 Å². The quantitative estimate of drug-likeness (QED) is 0.538. The Morgan fingerprint density at radius 3 is 2.30 bits per heavy atom. The molecule has 140 valence electrons. The Labute approximate surface area is 169 Å². The second kappa shape index (κ2) is 8.25. The first-order valence-electron chi connectivity index (χ1n) is 7.77. The fraction of sp³-hybridized carbons (Fsp3) is 0.167. The van der Waals surface area contributed by atoms with Gasteiger partial charge < -0.3 is 18.6 Å². The number of nitrogens with one attached hydrogen (secondary N) is 1. The third-order valence-corrected chi connectivity index (χ3v) is 4.62. The van der Waals surface area contributed by atoms with Crippen molar-refractivity contribution in [3.05, 3.63) is 45.5 Å². The molecule has 0 bridgehead atoms. The smallest absolute Gasteiger partial charge is 0.322 e. The molecule has 27 heavy (non-hydrogen) atoms. The van der Waals surface area contributed by atoms with Crippen molar-refractivity contribution in [2.45, 2.75) is 0 Å². The van der Waals surface area contributed by atoms with Crippen molar-refractivity contribution < 1.29 is 23.4 Å². The van der Waals surface area contributed by atoms with E-state index >= 15 is 0 Å². The molecule has 0 saturated heterocycles. The molecule has 0 radical (unpaired) electrons. The number of anilines is 1. The van der Waals surface area contributed by atoms with Crippen molar-refractivity contribution in [2.24, 2.45) is 0 Å². The zero-order valence-corrected chi connectivity index (χ0v) is 16.9. The van der Waals surface area contributed by atoms with Gasteiger partial charge in [-0.2, -0.15) is 0 Å². The highest BCUT2D eigenvalue weighted by Crippen LogP contribution is 2.41. The molecule has 0 saturated carbocycles. The van der Waals surface area contributed by atoms with Gasteiger partial charge in [-0.25, -0.2) is 0 Å². The summed E-state index contributed by atoms with van der Waals surface area (Å²) in [4.78, 5) is 12.4. The van der Waals surface area contributed by atoms with Crippen molar-refractivity contribution in [1.29, 1.82) is 0 Å². The Morgan fingerprint density at radius 2 is 1.70 bits per heavy atom. The minimum atomic E-state index is -0.333. The first kappa shape index (κ1) is 19.0. The van der Waals surface area contributed by atoms with Crippen LogP contribution in [-0.4, -0.2) is 37.4 Å². The number of carbonyl (C=O) groups is 1. The Hall–Kier alpha value is -2.82. The number of amides is 1. The summed E-state index contributed by atoms with van der Waals surface area (Å²) in [5.74, 6) is 1.23. The molecular weight excluding hydrogens is 465 g/mol. The fourth-order valence-corrected chi connectivity index (χ4v) is 3.04. The zero-order chi connectivity index (χ0) is 19.4. The van der Waals surface area contributed by atoms with Crippen LogP contribution in [0.15, 0.2) is 40.8 Å². The monoisotopic (exact) mass is 481 g/mol. The molecule has 1 heterocycles. The molecule has 0 aliphatic rings. The third-order valence-electron chi connectivity index (χ3n) is 3.68. The van der Waals surface area contributed by atoms with E-state index < -0.39 is 0 Å². The summed E-state index contributed by atoms with van der Waals surface area (Å²) in [6, 6.07) is 10.5. The summed E-state index contributed by atoms with van der Waals surface area (Å²) < 4.78 is 22.3. The van der Waals surface area contributed by atoms with Gasteiger partial charge in [-0.05, 0) is 46.9 Å². The van der Waals surface area contributed by atoms with Gasteiger partial charge in [-0.15, -0.1) is 5.10 Å². The minimum absolute atomic E-state index is 0.0107. The molecule has 0 fully saturated rings. The molecule has 8 nitrogen and oxygen atoms in total. The van der Waals surface area contributed by atoms with E-state index in [-0.39, 0.29) is 17.8 Å². The van der Waals surface area contributed by atoms with Crippen LogP contribution in [0.3, 0.4) is 0 Å². The first-order valence-corrected chi connectivity index (χ1v) is 8.85. The normalized spacial score (nSPS) is 10.4. The van der Waals surface area contributed by atoms with E-state index in [9.17, 15) is 4.79 Å². The van der Waals surface area contributed by atoms with Gasteiger partial charge >= 0.3 is 6.01 Å². The number of halogens is 1. The lowest BCUT2D eigenvalue weighted by molar-refractivity contribution is 0.102. The molecule has 0 unspecified atom stereocenters. The van der Waals surface area contributed by atoms with Crippen LogP contribution in [0.5, 0.6) is 17.2 Å². The number of hydrogen-bond donors (Lipinski definition) is 1. The highest BCUT2D eigenvalue weighted by Gasteiger charge is 2.19. The lowest BCUT2D eigenvalue weighted by Crippen LogP contribution is -2.13. The summed E-state index contributed by atoms with van der Waals surface area (Å²) in [7, 11) is 4.55. The predicted octanol–water partition coefficient (Wildman–Crippen LogP) is 3.62. The topological polar surface area (TPSA) is 95.7 Å². The lowest BCUT2D eigenvalue weighted by atomic mass is 10.2. The van der Waals surface area contributed by atoms with Crippen molar-refractivity contribution in [1.82, 2.24) is 10.2 Å². The van der Waals surface area contributed by atoms with E-state index in [1.54, 1.807) is 24.3 Å². The molecule has 1 amide bonds.